The number of rotatable bonds is 24. The van der Waals surface area contributed by atoms with Crippen LogP contribution in [-0.4, -0.2) is 130 Å². The summed E-state index contributed by atoms with van der Waals surface area (Å²) in [5.41, 5.74) is -0.451. The number of amides is 7. The van der Waals surface area contributed by atoms with E-state index in [2.05, 4.69) is 26.6 Å². The quantitative estimate of drug-likeness (QED) is 0.0579. The Bertz CT molecular complexity index is 2140. The first-order valence-electron chi connectivity index (χ1n) is 25.0. The highest BCUT2D eigenvalue weighted by Gasteiger charge is 2.44. The third-order valence-corrected chi connectivity index (χ3v) is 12.0. The van der Waals surface area contributed by atoms with E-state index in [1.807, 2.05) is 11.4 Å². The van der Waals surface area contributed by atoms with E-state index in [9.17, 15) is 47.9 Å². The average molecular weight is 1010 g/mol. The first-order chi connectivity index (χ1) is 33.6. The monoisotopic (exact) mass is 1010 g/mol. The van der Waals surface area contributed by atoms with Gasteiger partial charge in [0.2, 0.25) is 41.2 Å². The minimum Gasteiger partial charge on any atom is -0.480 e. The molecule has 21 heteroatoms. The highest BCUT2D eigenvalue weighted by Crippen LogP contribution is 2.34. The number of carbonyl (C=O) groups is 11. The Morgan fingerprint density at radius 1 is 0.708 bits per heavy atom. The molecule has 400 valence electrons. The lowest BCUT2D eigenvalue weighted by Crippen LogP contribution is -2.62. The third-order valence-electron chi connectivity index (χ3n) is 12.0. The molecule has 1 heterocycles. The van der Waals surface area contributed by atoms with Gasteiger partial charge in [0.05, 0.1) is 6.04 Å². The number of carbonyl (C=O) groups excluding carboxylic acids is 10. The molecule has 2 aliphatic rings. The lowest BCUT2D eigenvalue weighted by Gasteiger charge is -2.41. The number of nitrogens with zero attached hydrogens (tertiary/aromatic N) is 1. The van der Waals surface area contributed by atoms with Gasteiger partial charge in [-0.05, 0) is 103 Å². The maximum Gasteiger partial charge on any atom is 0.322 e. The molecule has 1 aliphatic heterocycles. The van der Waals surface area contributed by atoms with Crippen molar-refractivity contribution in [2.45, 2.75) is 194 Å². The fourth-order valence-corrected chi connectivity index (χ4v) is 8.72. The molecule has 1 fully saturated rings. The first kappa shape index (κ1) is 59.9. The van der Waals surface area contributed by atoms with Crippen LogP contribution < -0.4 is 31.9 Å². The molecule has 72 heavy (non-hydrogen) atoms. The number of carboxylic acid groups (broad SMARTS) is 1. The number of Topliss-reactive ketones (excluding diaryl/α,β-unsaturated/α-hetero) is 1. The smallest absolute Gasteiger partial charge is 0.322 e. The van der Waals surface area contributed by atoms with Crippen LogP contribution in [0.1, 0.15) is 157 Å². The van der Waals surface area contributed by atoms with E-state index >= 15 is 4.79 Å². The molecule has 1 aliphatic carbocycles. The highest BCUT2D eigenvalue weighted by atomic mass is 16.6. The molecule has 3 rings (SSSR count). The lowest BCUT2D eigenvalue weighted by molar-refractivity contribution is -0.156. The number of aliphatic carboxylic acids is 1. The predicted molar refractivity (Wildman–Crippen MR) is 262 cm³/mol. The van der Waals surface area contributed by atoms with Crippen LogP contribution in [0, 0.1) is 11.8 Å². The maximum absolute atomic E-state index is 15.2. The van der Waals surface area contributed by atoms with E-state index in [1.54, 1.807) is 80.5 Å². The van der Waals surface area contributed by atoms with Gasteiger partial charge in [-0.1, -0.05) is 70.7 Å². The summed E-state index contributed by atoms with van der Waals surface area (Å²) in [5, 5.41) is 24.5. The van der Waals surface area contributed by atoms with Crippen molar-refractivity contribution in [1.29, 1.82) is 0 Å². The normalized spacial score (nSPS) is 17.0. The molecule has 0 aromatic heterocycles. The molecular weight excluding hydrogens is 935 g/mol. The number of ether oxygens (including phenoxy) is 2. The van der Waals surface area contributed by atoms with Crippen LogP contribution >= 0.6 is 0 Å². The topological polar surface area (TPSA) is 302 Å². The van der Waals surface area contributed by atoms with E-state index in [0.717, 1.165) is 24.8 Å². The van der Waals surface area contributed by atoms with Gasteiger partial charge >= 0.3 is 17.9 Å². The molecule has 0 saturated heterocycles. The fraction of sp³-hybridized carbons (Fsp3) is 0.667. The van der Waals surface area contributed by atoms with Crippen LogP contribution in [0.15, 0.2) is 24.3 Å². The van der Waals surface area contributed by atoms with Gasteiger partial charge in [-0.25, -0.2) is 0 Å². The van der Waals surface area contributed by atoms with Crippen LogP contribution in [-0.2, 0) is 68.6 Å². The van der Waals surface area contributed by atoms with Gasteiger partial charge in [-0.3, -0.25) is 52.7 Å². The van der Waals surface area contributed by atoms with Crippen LogP contribution in [0.3, 0.4) is 0 Å². The molecule has 0 bridgehead atoms. The molecule has 0 radical (unpaired) electrons. The molecule has 1 unspecified atom stereocenters. The van der Waals surface area contributed by atoms with Gasteiger partial charge in [0.1, 0.15) is 48.0 Å². The van der Waals surface area contributed by atoms with Gasteiger partial charge in [0.25, 0.3) is 5.91 Å². The van der Waals surface area contributed by atoms with Gasteiger partial charge in [0.15, 0.2) is 0 Å². The predicted octanol–water partition coefficient (Wildman–Crippen LogP) is 2.61. The number of esters is 2. The van der Waals surface area contributed by atoms with Crippen molar-refractivity contribution in [3.05, 3.63) is 35.4 Å². The Balaban J connectivity index is 1.98. The Morgan fingerprint density at radius 3 is 1.79 bits per heavy atom. The summed E-state index contributed by atoms with van der Waals surface area (Å²) in [6, 6.07) is -0.945. The Hall–Kier alpha value is -6.41. The summed E-state index contributed by atoms with van der Waals surface area (Å²) in [6.45, 7) is 15.5. The second-order valence-corrected chi connectivity index (χ2v) is 20.9. The summed E-state index contributed by atoms with van der Waals surface area (Å²) in [4.78, 5) is 149. The summed E-state index contributed by atoms with van der Waals surface area (Å²) < 4.78 is 10.8. The van der Waals surface area contributed by atoms with Crippen molar-refractivity contribution < 1.29 is 67.3 Å². The molecule has 21 nitrogen and oxygen atoms in total. The van der Waals surface area contributed by atoms with Crippen molar-refractivity contribution in [2.75, 3.05) is 13.1 Å². The number of hydrogen-bond donors (Lipinski definition) is 7. The Kier molecular flexibility index (Phi) is 22.8. The lowest BCUT2D eigenvalue weighted by atomic mass is 9.82. The number of hydrogen-bond acceptors (Lipinski definition) is 13. The molecule has 1 aromatic rings. The van der Waals surface area contributed by atoms with Crippen molar-refractivity contribution in [3.8, 4) is 0 Å². The molecule has 1 aromatic carbocycles. The molecule has 6 atom stereocenters. The zero-order valence-corrected chi connectivity index (χ0v) is 43.5. The minimum absolute atomic E-state index is 0.0337. The SMILES string of the molecule is CCCC(NC(=O)[C@@H]1c2ccccc2CCN1C(=O)[C@@H](NC(=O)[C@@H](NC(=O)[C@H](CCC(=O)OC(C)(C)C)NC(=O)[C@H](CCC(=O)OC(C)(C)C)NC(C)=O)C(C)C)C1CCCCC1)C(=O)C(=O)NCC(=O)O. The number of carboxylic acids is 1. The van der Waals surface area contributed by atoms with Crippen LogP contribution in [0.2, 0.25) is 0 Å². The number of fused-ring (bicyclic) bond motifs is 1. The maximum atomic E-state index is 15.2. The number of benzene rings is 1. The van der Waals surface area contributed by atoms with Gasteiger partial charge in [0, 0.05) is 26.3 Å². The fourth-order valence-electron chi connectivity index (χ4n) is 8.72. The zero-order chi connectivity index (χ0) is 54.1. The number of ketones is 1. The number of nitrogens with one attached hydrogen (secondary N) is 6. The molecule has 1 saturated carbocycles. The van der Waals surface area contributed by atoms with Crippen LogP contribution in [0.25, 0.3) is 0 Å². The largest absolute Gasteiger partial charge is 0.480 e. The molecule has 7 N–H and O–H groups in total. The van der Waals surface area contributed by atoms with E-state index < -0.39 is 125 Å². The Labute approximate surface area is 422 Å². The van der Waals surface area contributed by atoms with E-state index in [4.69, 9.17) is 14.6 Å². The molecule has 0 spiro atoms. The van der Waals surface area contributed by atoms with Crippen molar-refractivity contribution in [3.63, 3.8) is 0 Å². The highest BCUT2D eigenvalue weighted by molar-refractivity contribution is 6.38. The minimum atomic E-state index is -1.47. The summed E-state index contributed by atoms with van der Waals surface area (Å²) in [5.74, 6) is -10.3. The summed E-state index contributed by atoms with van der Waals surface area (Å²) >= 11 is 0. The van der Waals surface area contributed by atoms with Gasteiger partial charge < -0.3 is 51.4 Å². The van der Waals surface area contributed by atoms with Crippen molar-refractivity contribution in [2.24, 2.45) is 11.8 Å². The van der Waals surface area contributed by atoms with Crippen LogP contribution in [0.5, 0.6) is 0 Å². The third kappa shape index (κ3) is 19.3. The second kappa shape index (κ2) is 27.4. The van der Waals surface area contributed by atoms with Gasteiger partial charge in [-0.15, -0.1) is 0 Å². The van der Waals surface area contributed by atoms with Crippen molar-refractivity contribution in [1.82, 2.24) is 36.8 Å². The zero-order valence-electron chi connectivity index (χ0n) is 43.5. The van der Waals surface area contributed by atoms with Gasteiger partial charge in [-0.2, -0.15) is 0 Å². The summed E-state index contributed by atoms with van der Waals surface area (Å²) in [7, 11) is 0. The van der Waals surface area contributed by atoms with Crippen molar-refractivity contribution >= 4 is 65.0 Å². The van der Waals surface area contributed by atoms with E-state index in [-0.39, 0.29) is 44.6 Å². The first-order valence-corrected chi connectivity index (χ1v) is 25.0. The standard InChI is InChI=1S/C51H77N7O14/c1-11-17-34(43(64)48(69)52-28-37(60)61)54-47(68)42-33-21-16-15-18-31(33)26-27-58(42)49(70)41(32-19-13-12-14-20-32)57-46(67)40(29(2)3)56-45(66)36(23-25-39(63)72-51(8,9)10)55-44(65)35(53-30(4)59)22-24-38(62)71-50(5,6)7/h15-16,18,21,29,32,34-36,40-42H,11-14,17,19-20,22-28H2,1-10H3,(H,52,69)(H,53,59)(H,54,68)(H,55,65)(H,56,66)(H,57,67)(H,60,61)/t34?,35-,36-,40-,41-,42-/m0/s1. The summed E-state index contributed by atoms with van der Waals surface area (Å²) in [6.07, 6.45) is 3.16. The van der Waals surface area contributed by atoms with E-state index in [1.165, 1.54) is 11.8 Å². The van der Waals surface area contributed by atoms with Crippen LogP contribution in [0.4, 0.5) is 0 Å². The second-order valence-electron chi connectivity index (χ2n) is 20.9. The van der Waals surface area contributed by atoms with E-state index in [0.29, 0.717) is 31.2 Å². The average Bonchev–Trinajstić information content (AvgIpc) is 3.29. The molecular formula is C51H77N7O14. The molecule has 7 amide bonds. The Morgan fingerprint density at radius 2 is 1.26 bits per heavy atom.